The van der Waals surface area contributed by atoms with Crippen molar-refractivity contribution < 1.29 is 19.4 Å². The molecule has 6 nitrogen and oxygen atoms in total. The first-order chi connectivity index (χ1) is 12.6. The Hall–Kier alpha value is -2.13. The number of nitrogens with one attached hydrogen (secondary N) is 1. The highest BCUT2D eigenvalue weighted by Gasteiger charge is 2.16. The first-order valence-electron chi connectivity index (χ1n) is 8.21. The average molecular weight is 468 g/mol. The Bertz CT molecular complexity index is 766. The van der Waals surface area contributed by atoms with Crippen molar-refractivity contribution in [2.75, 3.05) is 13.2 Å². The molecule has 1 amide bonds. The summed E-state index contributed by atoms with van der Waals surface area (Å²) < 4.78 is 12.1. The van der Waals surface area contributed by atoms with Crippen LogP contribution in [-0.2, 0) is 4.79 Å². The van der Waals surface area contributed by atoms with Crippen molar-refractivity contribution in [2.45, 2.75) is 20.0 Å². The summed E-state index contributed by atoms with van der Waals surface area (Å²) in [5, 5.41) is 13.9. The van der Waals surface area contributed by atoms with Crippen LogP contribution < -0.4 is 14.9 Å². The lowest BCUT2D eigenvalue weighted by Gasteiger charge is -2.13. The minimum absolute atomic E-state index is 0.509. The van der Waals surface area contributed by atoms with Crippen LogP contribution in [0.4, 0.5) is 0 Å². The quantitative estimate of drug-likeness (QED) is 0.354. The van der Waals surface area contributed by atoms with Crippen molar-refractivity contribution in [3.63, 3.8) is 0 Å². The summed E-state index contributed by atoms with van der Waals surface area (Å²) in [7, 11) is 0. The number of hydrogen-bond acceptors (Lipinski definition) is 5. The maximum absolute atomic E-state index is 12.0. The second-order valence-corrected chi connectivity index (χ2v) is 6.41. The van der Waals surface area contributed by atoms with Gasteiger partial charge in [0.05, 0.1) is 23.0 Å². The van der Waals surface area contributed by atoms with Gasteiger partial charge in [0.15, 0.2) is 17.6 Å². The number of hydrazone groups is 1. The molecule has 0 aliphatic carbocycles. The van der Waals surface area contributed by atoms with E-state index in [0.29, 0.717) is 30.3 Å². The van der Waals surface area contributed by atoms with Gasteiger partial charge >= 0.3 is 0 Å². The number of benzene rings is 2. The van der Waals surface area contributed by atoms with Gasteiger partial charge in [0.2, 0.25) is 0 Å². The zero-order valence-electron chi connectivity index (χ0n) is 14.6. The van der Waals surface area contributed by atoms with Crippen LogP contribution in [0.3, 0.4) is 0 Å². The van der Waals surface area contributed by atoms with E-state index in [1.807, 2.05) is 26.0 Å². The Morgan fingerprint density at radius 2 is 1.92 bits per heavy atom. The third-order valence-corrected chi connectivity index (χ3v) is 4.17. The van der Waals surface area contributed by atoms with Crippen molar-refractivity contribution in [1.82, 2.24) is 5.43 Å². The number of carbonyl (C=O) groups excluding carboxylic acids is 1. The summed E-state index contributed by atoms with van der Waals surface area (Å²) in [6.45, 7) is 4.86. The second kappa shape index (κ2) is 10.1. The molecule has 2 rings (SSSR count). The maximum Gasteiger partial charge on any atom is 0.273 e. The first kappa shape index (κ1) is 20.2. The SMILES string of the molecule is CCOc1cc(/C=N\NC(=O)[C@@H](O)c2ccccc2)cc(I)c1OCC. The second-order valence-electron chi connectivity index (χ2n) is 5.24. The predicted octanol–water partition coefficient (Wildman–Crippen LogP) is 3.27. The third-order valence-electron chi connectivity index (χ3n) is 3.37. The Kier molecular flexibility index (Phi) is 7.86. The van der Waals surface area contributed by atoms with Crippen molar-refractivity contribution in [2.24, 2.45) is 5.10 Å². The fourth-order valence-electron chi connectivity index (χ4n) is 2.23. The van der Waals surface area contributed by atoms with Crippen LogP contribution in [0.2, 0.25) is 0 Å². The third kappa shape index (κ3) is 5.43. The van der Waals surface area contributed by atoms with E-state index in [4.69, 9.17) is 9.47 Å². The number of rotatable bonds is 8. The molecule has 0 unspecified atom stereocenters. The van der Waals surface area contributed by atoms with Gasteiger partial charge in [-0.1, -0.05) is 30.3 Å². The van der Waals surface area contributed by atoms with Gasteiger partial charge in [0.25, 0.3) is 5.91 Å². The molecule has 0 aromatic heterocycles. The molecule has 0 spiro atoms. The molecule has 2 aromatic carbocycles. The smallest absolute Gasteiger partial charge is 0.273 e. The fraction of sp³-hybridized carbons (Fsp3) is 0.263. The molecule has 0 saturated carbocycles. The average Bonchev–Trinajstić information content (AvgIpc) is 2.65. The van der Waals surface area contributed by atoms with Crippen molar-refractivity contribution in [1.29, 1.82) is 0 Å². The summed E-state index contributed by atoms with van der Waals surface area (Å²) in [4.78, 5) is 12.0. The Balaban J connectivity index is 2.08. The lowest BCUT2D eigenvalue weighted by molar-refractivity contribution is -0.129. The minimum atomic E-state index is -1.27. The van der Waals surface area contributed by atoms with E-state index in [9.17, 15) is 9.90 Å². The number of carbonyl (C=O) groups is 1. The van der Waals surface area contributed by atoms with Gasteiger partial charge < -0.3 is 14.6 Å². The molecule has 0 heterocycles. The normalized spacial score (nSPS) is 12.0. The molecule has 7 heteroatoms. The number of hydrogen-bond donors (Lipinski definition) is 2. The summed E-state index contributed by atoms with van der Waals surface area (Å²) in [6.07, 6.45) is 0.225. The summed E-state index contributed by atoms with van der Waals surface area (Å²) >= 11 is 2.16. The van der Waals surface area contributed by atoms with Crippen molar-refractivity contribution in [3.05, 3.63) is 57.2 Å². The van der Waals surface area contributed by atoms with Crippen LogP contribution in [0.1, 0.15) is 31.1 Å². The van der Waals surface area contributed by atoms with E-state index in [-0.39, 0.29) is 0 Å². The molecule has 2 aromatic rings. The lowest BCUT2D eigenvalue weighted by Crippen LogP contribution is -2.25. The summed E-state index contributed by atoms with van der Waals surface area (Å²) in [5.74, 6) is 0.715. The zero-order chi connectivity index (χ0) is 18.9. The maximum atomic E-state index is 12.0. The monoisotopic (exact) mass is 468 g/mol. The van der Waals surface area contributed by atoms with E-state index < -0.39 is 12.0 Å². The summed E-state index contributed by atoms with van der Waals surface area (Å²) in [6, 6.07) is 12.3. The van der Waals surface area contributed by atoms with Crippen LogP contribution >= 0.6 is 22.6 Å². The molecular weight excluding hydrogens is 447 g/mol. The van der Waals surface area contributed by atoms with Crippen LogP contribution in [0.25, 0.3) is 0 Å². The highest BCUT2D eigenvalue weighted by atomic mass is 127. The van der Waals surface area contributed by atoms with Gasteiger partial charge in [-0.2, -0.15) is 5.10 Å². The van der Waals surface area contributed by atoms with Crippen LogP contribution in [-0.4, -0.2) is 30.4 Å². The van der Waals surface area contributed by atoms with Gasteiger partial charge in [0.1, 0.15) is 0 Å². The van der Waals surface area contributed by atoms with Crippen LogP contribution in [0.15, 0.2) is 47.6 Å². The molecule has 0 fully saturated rings. The number of nitrogens with zero attached hydrogens (tertiary/aromatic N) is 1. The molecule has 0 radical (unpaired) electrons. The molecule has 0 aliphatic rings. The van der Waals surface area contributed by atoms with Gasteiger partial charge in [-0.3, -0.25) is 4.79 Å². The van der Waals surface area contributed by atoms with E-state index in [1.165, 1.54) is 6.21 Å². The van der Waals surface area contributed by atoms with E-state index in [1.54, 1.807) is 30.3 Å². The van der Waals surface area contributed by atoms with Crippen molar-refractivity contribution in [3.8, 4) is 11.5 Å². The largest absolute Gasteiger partial charge is 0.490 e. The minimum Gasteiger partial charge on any atom is -0.490 e. The molecule has 0 bridgehead atoms. The number of aliphatic hydroxyl groups excluding tert-OH is 1. The van der Waals surface area contributed by atoms with Gasteiger partial charge in [-0.05, 0) is 59.7 Å². The van der Waals surface area contributed by atoms with Crippen LogP contribution in [0, 0.1) is 3.57 Å². The van der Waals surface area contributed by atoms with Crippen molar-refractivity contribution >= 4 is 34.7 Å². The standard InChI is InChI=1S/C19H21IN2O4/c1-3-25-16-11-13(10-15(20)18(16)26-4-2)12-21-22-19(24)17(23)14-8-6-5-7-9-14/h5-12,17,23H,3-4H2,1-2H3,(H,22,24)/b21-12-/t17-/m0/s1. The molecule has 138 valence electrons. The lowest BCUT2D eigenvalue weighted by atomic mass is 10.1. The topological polar surface area (TPSA) is 80.2 Å². The number of halogens is 1. The number of aliphatic hydroxyl groups is 1. The predicted molar refractivity (Wildman–Crippen MR) is 109 cm³/mol. The fourth-order valence-corrected chi connectivity index (χ4v) is 3.01. The van der Waals surface area contributed by atoms with Gasteiger partial charge in [-0.25, -0.2) is 5.43 Å². The molecule has 26 heavy (non-hydrogen) atoms. The highest BCUT2D eigenvalue weighted by molar-refractivity contribution is 14.1. The van der Waals surface area contributed by atoms with E-state index in [2.05, 4.69) is 33.1 Å². The first-order valence-corrected chi connectivity index (χ1v) is 9.29. The van der Waals surface area contributed by atoms with E-state index >= 15 is 0 Å². The number of ether oxygens (including phenoxy) is 2. The molecule has 0 saturated heterocycles. The molecule has 1 atom stereocenters. The molecule has 2 N–H and O–H groups in total. The Morgan fingerprint density at radius 1 is 1.23 bits per heavy atom. The van der Waals surface area contributed by atoms with E-state index in [0.717, 1.165) is 9.13 Å². The van der Waals surface area contributed by atoms with Gasteiger partial charge in [-0.15, -0.1) is 0 Å². The number of amides is 1. The molecule has 0 aliphatic heterocycles. The highest BCUT2D eigenvalue weighted by Crippen LogP contribution is 2.33. The molecular formula is C19H21IN2O4. The van der Waals surface area contributed by atoms with Crippen LogP contribution in [0.5, 0.6) is 11.5 Å². The Morgan fingerprint density at radius 3 is 2.58 bits per heavy atom. The van der Waals surface area contributed by atoms with Gasteiger partial charge in [0, 0.05) is 0 Å². The summed E-state index contributed by atoms with van der Waals surface area (Å²) in [5.41, 5.74) is 3.60. The Labute approximate surface area is 166 Å². The zero-order valence-corrected chi connectivity index (χ0v) is 16.8.